The van der Waals surface area contributed by atoms with Gasteiger partial charge in [0.05, 0.1) is 22.5 Å². The van der Waals surface area contributed by atoms with Gasteiger partial charge in [0.25, 0.3) is 0 Å². The zero-order chi connectivity index (χ0) is 29.1. The van der Waals surface area contributed by atoms with Crippen molar-refractivity contribution in [2.45, 2.75) is 57.4 Å². The number of anilines is 1. The van der Waals surface area contributed by atoms with Gasteiger partial charge in [-0.05, 0) is 55.7 Å². The van der Waals surface area contributed by atoms with E-state index in [-0.39, 0.29) is 22.6 Å². The molecule has 0 aromatic heterocycles. The summed E-state index contributed by atoms with van der Waals surface area (Å²) in [6.45, 7) is 0.377. The van der Waals surface area contributed by atoms with Gasteiger partial charge in [0.1, 0.15) is 12.6 Å². The summed E-state index contributed by atoms with van der Waals surface area (Å²) in [5.74, 6) is -1.31. The van der Waals surface area contributed by atoms with Gasteiger partial charge >= 0.3 is 6.18 Å². The molecule has 7 nitrogen and oxygen atoms in total. The van der Waals surface area contributed by atoms with Gasteiger partial charge in [-0.25, -0.2) is 8.42 Å². The Morgan fingerprint density at radius 2 is 1.69 bits per heavy atom. The molecule has 1 atom stereocenters. The molecule has 1 aliphatic carbocycles. The zero-order valence-electron chi connectivity index (χ0n) is 21.1. The van der Waals surface area contributed by atoms with Crippen LogP contribution in [0.1, 0.15) is 43.7 Å². The van der Waals surface area contributed by atoms with Crippen molar-refractivity contribution in [3.8, 4) is 0 Å². The van der Waals surface area contributed by atoms with E-state index in [0.717, 1.165) is 42.9 Å². The quantitative estimate of drug-likeness (QED) is 0.374. The number of alkyl halides is 3. The summed E-state index contributed by atoms with van der Waals surface area (Å²) in [4.78, 5) is 27.9. The average Bonchev–Trinajstić information content (AvgIpc) is 3.33. The molecule has 1 fully saturated rings. The molecule has 1 N–H and O–H groups in total. The first kappa shape index (κ1) is 31.3. The number of halogens is 6. The molecule has 0 heterocycles. The normalized spacial score (nSPS) is 15.2. The Balaban J connectivity index is 1.98. The third kappa shape index (κ3) is 8.15. The highest BCUT2D eigenvalue weighted by Crippen LogP contribution is 2.36. The van der Waals surface area contributed by atoms with Crippen molar-refractivity contribution in [3.63, 3.8) is 0 Å². The molecule has 39 heavy (non-hydrogen) atoms. The van der Waals surface area contributed by atoms with E-state index in [1.165, 1.54) is 13.0 Å². The van der Waals surface area contributed by atoms with Crippen molar-refractivity contribution in [3.05, 3.63) is 62.6 Å². The van der Waals surface area contributed by atoms with Crippen LogP contribution in [0.2, 0.25) is 15.1 Å². The minimum atomic E-state index is -4.78. The molecule has 214 valence electrons. The monoisotopic (exact) mass is 627 g/mol. The Hall–Kier alpha value is -2.21. The van der Waals surface area contributed by atoms with E-state index in [1.54, 1.807) is 12.1 Å². The Labute approximate surface area is 240 Å². The molecule has 2 aromatic rings. The lowest BCUT2D eigenvalue weighted by atomic mass is 10.1. The van der Waals surface area contributed by atoms with Crippen molar-refractivity contribution in [2.75, 3.05) is 17.1 Å². The maximum absolute atomic E-state index is 13.6. The minimum absolute atomic E-state index is 0.0487. The van der Waals surface area contributed by atoms with Gasteiger partial charge < -0.3 is 10.2 Å². The second kappa shape index (κ2) is 12.5. The first-order valence-electron chi connectivity index (χ1n) is 12.0. The van der Waals surface area contributed by atoms with Gasteiger partial charge in [-0.2, -0.15) is 13.2 Å². The lowest BCUT2D eigenvalue weighted by Gasteiger charge is -2.32. The molecule has 3 rings (SSSR count). The molecule has 2 aromatic carbocycles. The maximum Gasteiger partial charge on any atom is 0.416 e. The number of amides is 2. The van der Waals surface area contributed by atoms with Crippen molar-refractivity contribution < 1.29 is 31.2 Å². The number of carbonyl (C=O) groups excluding carboxylic acids is 2. The Bertz CT molecular complexity index is 1340. The van der Waals surface area contributed by atoms with Gasteiger partial charge in [0, 0.05) is 22.6 Å². The van der Waals surface area contributed by atoms with Crippen molar-refractivity contribution in [2.24, 2.45) is 0 Å². The van der Waals surface area contributed by atoms with E-state index in [2.05, 4.69) is 5.32 Å². The SMILES string of the molecule is CC(C(=O)NC1CCCC1)N(Cc1ccc(Cl)cc1Cl)C(=O)CN(c1cc(C(F)(F)F)ccc1Cl)S(C)(=O)=O. The maximum atomic E-state index is 13.6. The number of benzene rings is 2. The molecule has 1 unspecified atom stereocenters. The van der Waals surface area contributed by atoms with Gasteiger partial charge in [-0.1, -0.05) is 53.7 Å². The first-order valence-corrected chi connectivity index (χ1v) is 14.9. The summed E-state index contributed by atoms with van der Waals surface area (Å²) in [6.07, 6.45) is -0.520. The molecule has 0 radical (unpaired) electrons. The molecule has 1 aliphatic rings. The van der Waals surface area contributed by atoms with Crippen molar-refractivity contribution in [1.29, 1.82) is 0 Å². The number of hydrogen-bond acceptors (Lipinski definition) is 4. The predicted molar refractivity (Wildman–Crippen MR) is 146 cm³/mol. The van der Waals surface area contributed by atoms with Crippen LogP contribution < -0.4 is 9.62 Å². The third-order valence-corrected chi connectivity index (χ3v) is 8.48. The van der Waals surface area contributed by atoms with E-state index in [0.29, 0.717) is 27.0 Å². The predicted octanol–water partition coefficient (Wildman–Crippen LogP) is 5.91. The van der Waals surface area contributed by atoms with E-state index in [1.807, 2.05) is 0 Å². The molecule has 0 bridgehead atoms. The third-order valence-electron chi connectivity index (χ3n) is 6.45. The van der Waals surface area contributed by atoms with Gasteiger partial charge in [0.2, 0.25) is 21.8 Å². The second-order valence-electron chi connectivity index (χ2n) is 9.36. The fourth-order valence-corrected chi connectivity index (χ4v) is 5.87. The molecule has 0 saturated heterocycles. The van der Waals surface area contributed by atoms with E-state index in [4.69, 9.17) is 34.8 Å². The van der Waals surface area contributed by atoms with Crippen LogP contribution in [0.4, 0.5) is 18.9 Å². The number of nitrogens with zero attached hydrogens (tertiary/aromatic N) is 2. The topological polar surface area (TPSA) is 86.8 Å². The number of nitrogens with one attached hydrogen (secondary N) is 1. The minimum Gasteiger partial charge on any atom is -0.352 e. The molecule has 0 spiro atoms. The van der Waals surface area contributed by atoms with Crippen LogP contribution in [0.5, 0.6) is 0 Å². The summed E-state index contributed by atoms with van der Waals surface area (Å²) in [7, 11) is -4.29. The molecular formula is C25H27Cl3F3N3O4S. The molecule has 1 saturated carbocycles. The van der Waals surface area contributed by atoms with Crippen molar-refractivity contribution >= 4 is 62.3 Å². The van der Waals surface area contributed by atoms with E-state index in [9.17, 15) is 31.2 Å². The van der Waals surface area contributed by atoms with Crippen molar-refractivity contribution in [1.82, 2.24) is 10.2 Å². The fraction of sp³-hybridized carbons (Fsp3) is 0.440. The van der Waals surface area contributed by atoms with Crippen LogP contribution in [0, 0.1) is 0 Å². The highest BCUT2D eigenvalue weighted by Gasteiger charge is 2.35. The van der Waals surface area contributed by atoms with Crippen LogP contribution in [0.25, 0.3) is 0 Å². The van der Waals surface area contributed by atoms with Crippen LogP contribution >= 0.6 is 34.8 Å². The number of hydrogen-bond donors (Lipinski definition) is 1. The largest absolute Gasteiger partial charge is 0.416 e. The summed E-state index contributed by atoms with van der Waals surface area (Å²) >= 11 is 18.4. The number of rotatable bonds is 9. The zero-order valence-corrected chi connectivity index (χ0v) is 24.1. The summed E-state index contributed by atoms with van der Waals surface area (Å²) in [5.41, 5.74) is -1.23. The number of carbonyl (C=O) groups is 2. The lowest BCUT2D eigenvalue weighted by molar-refractivity contribution is -0.139. The fourth-order valence-electron chi connectivity index (χ4n) is 4.28. The highest BCUT2D eigenvalue weighted by molar-refractivity contribution is 7.92. The number of sulfonamides is 1. The van der Waals surface area contributed by atoms with Gasteiger partial charge in [0.15, 0.2) is 0 Å². The Kier molecular flexibility index (Phi) is 10.1. The van der Waals surface area contributed by atoms with Gasteiger partial charge in [-0.3, -0.25) is 13.9 Å². The first-order chi connectivity index (χ1) is 18.1. The summed E-state index contributed by atoms with van der Waals surface area (Å²) < 4.78 is 66.0. The van der Waals surface area contributed by atoms with Crippen LogP contribution in [0.15, 0.2) is 36.4 Å². The Morgan fingerprint density at radius 3 is 2.26 bits per heavy atom. The average molecular weight is 629 g/mol. The molecular weight excluding hydrogens is 602 g/mol. The second-order valence-corrected chi connectivity index (χ2v) is 12.5. The molecule has 2 amide bonds. The summed E-state index contributed by atoms with van der Waals surface area (Å²) in [5, 5.41) is 3.16. The standard InChI is InChI=1S/C25H27Cl3F3N3O4S/c1-15(24(36)32-19-5-3-4-6-19)33(13-16-7-9-18(26)12-21(16)28)23(35)14-34(39(2,37)38)22-11-17(25(29,30)31)8-10-20(22)27/h7-12,15,19H,3-6,13-14H2,1-2H3,(H,32,36). The van der Waals surface area contributed by atoms with Crippen LogP contribution in [0.3, 0.4) is 0 Å². The highest BCUT2D eigenvalue weighted by atomic mass is 35.5. The van der Waals surface area contributed by atoms with Crippen LogP contribution in [-0.2, 0) is 32.3 Å². The Morgan fingerprint density at radius 1 is 1.05 bits per heavy atom. The molecule has 14 heteroatoms. The van der Waals surface area contributed by atoms with E-state index >= 15 is 0 Å². The molecule has 0 aliphatic heterocycles. The van der Waals surface area contributed by atoms with E-state index < -0.39 is 51.9 Å². The smallest absolute Gasteiger partial charge is 0.352 e. The summed E-state index contributed by atoms with van der Waals surface area (Å²) in [6, 6.07) is 5.62. The van der Waals surface area contributed by atoms with Crippen LogP contribution in [-0.4, -0.2) is 50.0 Å². The lowest BCUT2D eigenvalue weighted by Crippen LogP contribution is -2.52. The van der Waals surface area contributed by atoms with Gasteiger partial charge in [-0.15, -0.1) is 0 Å².